The van der Waals surface area contributed by atoms with Gasteiger partial charge in [-0.15, -0.1) is 0 Å². The summed E-state index contributed by atoms with van der Waals surface area (Å²) in [4.78, 5) is 15.3. The predicted molar refractivity (Wildman–Crippen MR) is 105 cm³/mol. The van der Waals surface area contributed by atoms with Crippen LogP contribution in [0.2, 0.25) is 0 Å². The molecule has 0 radical (unpaired) electrons. The molecule has 0 bridgehead atoms. The largest absolute Gasteiger partial charge is 0.351 e. The highest BCUT2D eigenvalue weighted by Gasteiger charge is 2.11. The first kappa shape index (κ1) is 20.1. The van der Waals surface area contributed by atoms with Gasteiger partial charge in [-0.2, -0.15) is 0 Å². The molecule has 26 heavy (non-hydrogen) atoms. The van der Waals surface area contributed by atoms with Gasteiger partial charge >= 0.3 is 0 Å². The van der Waals surface area contributed by atoms with Crippen molar-refractivity contribution in [2.75, 3.05) is 5.32 Å². The molecule has 1 N–H and O–H groups in total. The fourth-order valence-electron chi connectivity index (χ4n) is 3.39. The van der Waals surface area contributed by atoms with Crippen LogP contribution in [-0.2, 0) is 0 Å². The fourth-order valence-corrected chi connectivity index (χ4v) is 3.39. The van der Waals surface area contributed by atoms with Gasteiger partial charge in [0.15, 0.2) is 5.78 Å². The molecular weight excluding hydrogens is 327 g/mol. The number of nitrogens with zero attached hydrogens (tertiary/aromatic N) is 1. The van der Waals surface area contributed by atoms with Gasteiger partial charge in [-0.25, -0.2) is 4.39 Å². The Kier molecular flexibility index (Phi) is 8.26. The van der Waals surface area contributed by atoms with Crippen molar-refractivity contribution in [1.29, 1.82) is 0 Å². The molecule has 0 atom stereocenters. The van der Waals surface area contributed by atoms with Crippen LogP contribution in [0.15, 0.2) is 42.7 Å². The van der Waals surface area contributed by atoms with Crippen LogP contribution < -0.4 is 5.32 Å². The molecule has 1 saturated carbocycles. The summed E-state index contributed by atoms with van der Waals surface area (Å²) >= 11 is 0. The molecular formula is C22H29FN2O. The van der Waals surface area contributed by atoms with Gasteiger partial charge in [0.05, 0.1) is 17.6 Å². The number of anilines is 2. The van der Waals surface area contributed by atoms with E-state index in [1.54, 1.807) is 24.3 Å². The second-order valence-electron chi connectivity index (χ2n) is 6.88. The first-order valence-corrected chi connectivity index (χ1v) is 9.58. The van der Waals surface area contributed by atoms with Crippen molar-refractivity contribution in [3.05, 3.63) is 54.1 Å². The number of halogens is 1. The average molecular weight is 356 g/mol. The Bertz CT molecular complexity index is 693. The summed E-state index contributed by atoms with van der Waals surface area (Å²) in [5.41, 5.74) is 1.32. The number of nitrogens with one attached hydrogen (secondary N) is 1. The lowest BCUT2D eigenvalue weighted by Gasteiger charge is -2.20. The lowest BCUT2D eigenvalue weighted by Crippen LogP contribution is -2.04. The number of rotatable bonds is 5. The minimum atomic E-state index is -0.370. The number of hydrogen-bond acceptors (Lipinski definition) is 3. The van der Waals surface area contributed by atoms with E-state index in [0.717, 1.165) is 5.92 Å². The number of ketones is 1. The van der Waals surface area contributed by atoms with Crippen LogP contribution in [0.4, 0.5) is 15.8 Å². The van der Waals surface area contributed by atoms with Crippen LogP contribution in [0.5, 0.6) is 0 Å². The number of carbonyl (C=O) groups is 1. The maximum absolute atomic E-state index is 13.4. The van der Waals surface area contributed by atoms with Crippen molar-refractivity contribution < 1.29 is 9.18 Å². The molecule has 0 aliphatic heterocycles. The SMILES string of the molecule is CC(=O)c1ccncc1Nc1ccccc1F.CCCC1CCCCC1. The molecule has 1 fully saturated rings. The quantitative estimate of drug-likeness (QED) is 0.619. The molecule has 1 heterocycles. The summed E-state index contributed by atoms with van der Waals surface area (Å²) in [5.74, 6) is 0.640. The van der Waals surface area contributed by atoms with Gasteiger partial charge in [-0.05, 0) is 31.0 Å². The predicted octanol–water partition coefficient (Wildman–Crippen LogP) is 6.53. The van der Waals surface area contributed by atoms with Crippen LogP contribution >= 0.6 is 0 Å². The summed E-state index contributed by atoms with van der Waals surface area (Å²) in [6.07, 6.45) is 13.5. The van der Waals surface area contributed by atoms with Crippen LogP contribution in [0.1, 0.15) is 69.2 Å². The van der Waals surface area contributed by atoms with Crippen molar-refractivity contribution in [3.8, 4) is 0 Å². The molecule has 3 nitrogen and oxygen atoms in total. The third-order valence-corrected chi connectivity index (χ3v) is 4.77. The molecule has 0 unspecified atom stereocenters. The minimum Gasteiger partial charge on any atom is -0.351 e. The van der Waals surface area contributed by atoms with Crippen LogP contribution in [-0.4, -0.2) is 10.8 Å². The van der Waals surface area contributed by atoms with Gasteiger partial charge in [-0.1, -0.05) is 64.0 Å². The first-order chi connectivity index (χ1) is 12.6. The highest BCUT2D eigenvalue weighted by molar-refractivity contribution is 5.99. The Hall–Kier alpha value is -2.23. The zero-order chi connectivity index (χ0) is 18.8. The Morgan fingerprint density at radius 2 is 1.88 bits per heavy atom. The zero-order valence-corrected chi connectivity index (χ0v) is 15.8. The van der Waals surface area contributed by atoms with E-state index in [9.17, 15) is 9.18 Å². The highest BCUT2D eigenvalue weighted by Crippen LogP contribution is 2.26. The molecule has 1 aliphatic rings. The number of Topliss-reactive ketones (excluding diaryl/α,β-unsaturated/α-hetero) is 1. The van der Waals surface area contributed by atoms with Crippen molar-refractivity contribution >= 4 is 17.2 Å². The summed E-state index contributed by atoms with van der Waals surface area (Å²) < 4.78 is 13.4. The lowest BCUT2D eigenvalue weighted by molar-refractivity contribution is 0.101. The molecule has 2 aromatic rings. The van der Waals surface area contributed by atoms with Crippen molar-refractivity contribution in [3.63, 3.8) is 0 Å². The van der Waals surface area contributed by atoms with Crippen LogP contribution in [0.25, 0.3) is 0 Å². The topological polar surface area (TPSA) is 42.0 Å². The van der Waals surface area contributed by atoms with E-state index in [2.05, 4.69) is 17.2 Å². The van der Waals surface area contributed by atoms with Gasteiger partial charge in [0, 0.05) is 11.8 Å². The van der Waals surface area contributed by atoms with Crippen LogP contribution in [0, 0.1) is 11.7 Å². The van der Waals surface area contributed by atoms with E-state index in [-0.39, 0.29) is 11.6 Å². The summed E-state index contributed by atoms with van der Waals surface area (Å²) in [6.45, 7) is 3.76. The number of benzene rings is 1. The smallest absolute Gasteiger partial charge is 0.162 e. The van der Waals surface area contributed by atoms with E-state index >= 15 is 0 Å². The lowest BCUT2D eigenvalue weighted by atomic mass is 9.86. The van der Waals surface area contributed by atoms with E-state index < -0.39 is 0 Å². The highest BCUT2D eigenvalue weighted by atomic mass is 19.1. The number of carbonyl (C=O) groups excluding carboxylic acids is 1. The standard InChI is InChI=1S/C13H11FN2O.C9H18/c1-9(17)10-6-7-15-8-13(10)16-12-5-3-2-4-11(12)14;1-2-6-9-7-4-3-5-8-9/h2-8,16H,1H3;9H,2-8H2,1H3. The molecule has 4 heteroatoms. The molecule has 1 aliphatic carbocycles. The van der Waals surface area contributed by atoms with Gasteiger partial charge in [0.1, 0.15) is 5.82 Å². The number of para-hydroxylation sites is 1. The van der Waals surface area contributed by atoms with Crippen LogP contribution in [0.3, 0.4) is 0 Å². The molecule has 0 spiro atoms. The Morgan fingerprint density at radius 1 is 1.15 bits per heavy atom. The number of hydrogen-bond donors (Lipinski definition) is 1. The summed E-state index contributed by atoms with van der Waals surface area (Å²) in [6, 6.07) is 7.88. The van der Waals surface area contributed by atoms with Gasteiger partial charge in [-0.3, -0.25) is 9.78 Å². The average Bonchev–Trinajstić information content (AvgIpc) is 2.66. The Balaban J connectivity index is 0.000000228. The second-order valence-corrected chi connectivity index (χ2v) is 6.88. The number of aromatic nitrogens is 1. The Morgan fingerprint density at radius 3 is 2.54 bits per heavy atom. The first-order valence-electron chi connectivity index (χ1n) is 9.58. The third kappa shape index (κ3) is 6.25. The van der Waals surface area contributed by atoms with E-state index in [0.29, 0.717) is 16.9 Å². The molecule has 0 saturated heterocycles. The summed E-state index contributed by atoms with van der Waals surface area (Å²) in [5, 5.41) is 2.86. The normalized spacial score (nSPS) is 14.3. The molecule has 1 aromatic heterocycles. The maximum atomic E-state index is 13.4. The molecule has 1 aromatic carbocycles. The van der Waals surface area contributed by atoms with Gasteiger partial charge in [0.25, 0.3) is 0 Å². The third-order valence-electron chi connectivity index (χ3n) is 4.77. The fraction of sp³-hybridized carbons (Fsp3) is 0.455. The maximum Gasteiger partial charge on any atom is 0.162 e. The molecule has 3 rings (SSSR count). The zero-order valence-electron chi connectivity index (χ0n) is 15.8. The molecule has 0 amide bonds. The summed E-state index contributed by atoms with van der Waals surface area (Å²) in [7, 11) is 0. The monoisotopic (exact) mass is 356 g/mol. The van der Waals surface area contributed by atoms with Crippen molar-refractivity contribution in [2.45, 2.75) is 58.8 Å². The van der Waals surface area contributed by atoms with Crippen molar-refractivity contribution in [2.24, 2.45) is 5.92 Å². The van der Waals surface area contributed by atoms with E-state index in [1.165, 1.54) is 70.3 Å². The number of pyridine rings is 1. The van der Waals surface area contributed by atoms with E-state index in [1.807, 2.05) is 0 Å². The van der Waals surface area contributed by atoms with E-state index in [4.69, 9.17) is 0 Å². The van der Waals surface area contributed by atoms with Crippen molar-refractivity contribution in [1.82, 2.24) is 4.98 Å². The molecule has 140 valence electrons. The Labute approximate surface area is 156 Å². The second kappa shape index (κ2) is 10.7. The van der Waals surface area contributed by atoms with Gasteiger partial charge < -0.3 is 5.32 Å². The minimum absolute atomic E-state index is 0.0914. The van der Waals surface area contributed by atoms with Gasteiger partial charge in [0.2, 0.25) is 0 Å².